The third kappa shape index (κ3) is 5.08. The molecule has 1 heterocycles. The van der Waals surface area contributed by atoms with Gasteiger partial charge in [0.15, 0.2) is 16.7 Å². The number of primary amides is 1. The molecule has 0 saturated carbocycles. The van der Waals surface area contributed by atoms with Gasteiger partial charge in [0.25, 0.3) is 0 Å². The lowest BCUT2D eigenvalue weighted by molar-refractivity contribution is -0.129. The maximum Gasteiger partial charge on any atom is 0.231 e. The van der Waals surface area contributed by atoms with Gasteiger partial charge in [-0.05, 0) is 36.2 Å². The predicted molar refractivity (Wildman–Crippen MR) is 114 cm³/mol. The lowest BCUT2D eigenvalue weighted by Gasteiger charge is -2.31. The van der Waals surface area contributed by atoms with Crippen LogP contribution in [0.25, 0.3) is 0 Å². The fourth-order valence-electron chi connectivity index (χ4n) is 2.96. The van der Waals surface area contributed by atoms with Crippen LogP contribution < -0.4 is 15.2 Å². The quantitative estimate of drug-likeness (QED) is 0.753. The maximum atomic E-state index is 12.7. The Morgan fingerprint density at radius 1 is 1.17 bits per heavy atom. The van der Waals surface area contributed by atoms with Crippen molar-refractivity contribution in [2.24, 2.45) is 10.7 Å². The second kappa shape index (κ2) is 9.47. The minimum atomic E-state index is -0.609. The molecule has 0 radical (unpaired) electrons. The van der Waals surface area contributed by atoms with Crippen LogP contribution in [-0.4, -0.2) is 47.9 Å². The van der Waals surface area contributed by atoms with Gasteiger partial charge in [0, 0.05) is 13.0 Å². The lowest BCUT2D eigenvalue weighted by Crippen LogP contribution is -2.46. The molecule has 0 aromatic heterocycles. The van der Waals surface area contributed by atoms with Crippen molar-refractivity contribution in [3.05, 3.63) is 54.1 Å². The highest BCUT2D eigenvalue weighted by Crippen LogP contribution is 2.30. The number of hydrogen-bond acceptors (Lipinski definition) is 6. The Labute approximate surface area is 173 Å². The third-order valence-electron chi connectivity index (χ3n) is 4.51. The molecule has 1 atom stereocenters. The Morgan fingerprint density at radius 2 is 1.90 bits per heavy atom. The molecule has 1 saturated heterocycles. The summed E-state index contributed by atoms with van der Waals surface area (Å²) in [5.74, 6) is 0.610. The van der Waals surface area contributed by atoms with Crippen LogP contribution in [0.4, 0.5) is 5.69 Å². The molecule has 2 aromatic carbocycles. The SMILES string of the molecule is COc1ccc(CCN2C(=O)C[C@@H](C(N)=O)SC2=Nc2ccccc2)cc1OC. The third-order valence-corrected chi connectivity index (χ3v) is 5.72. The number of hydrogen-bond donors (Lipinski definition) is 1. The van der Waals surface area contributed by atoms with Gasteiger partial charge in [0.2, 0.25) is 11.8 Å². The van der Waals surface area contributed by atoms with E-state index in [4.69, 9.17) is 15.2 Å². The Balaban J connectivity index is 1.82. The van der Waals surface area contributed by atoms with Gasteiger partial charge in [-0.2, -0.15) is 0 Å². The molecular formula is C21H23N3O4S. The molecule has 1 aliphatic heterocycles. The highest BCUT2D eigenvalue weighted by atomic mass is 32.2. The van der Waals surface area contributed by atoms with Gasteiger partial charge in [-0.3, -0.25) is 14.5 Å². The zero-order valence-electron chi connectivity index (χ0n) is 16.3. The average molecular weight is 413 g/mol. The van der Waals surface area contributed by atoms with Crippen LogP contribution in [0.3, 0.4) is 0 Å². The highest BCUT2D eigenvalue weighted by Gasteiger charge is 2.34. The summed E-state index contributed by atoms with van der Waals surface area (Å²) < 4.78 is 10.6. The van der Waals surface area contributed by atoms with Crippen molar-refractivity contribution in [1.29, 1.82) is 0 Å². The van der Waals surface area contributed by atoms with E-state index in [1.807, 2.05) is 48.5 Å². The zero-order valence-corrected chi connectivity index (χ0v) is 17.1. The number of amides is 2. The van der Waals surface area contributed by atoms with Crippen LogP contribution in [0.15, 0.2) is 53.5 Å². The van der Waals surface area contributed by atoms with E-state index in [0.29, 0.717) is 35.3 Å². The van der Waals surface area contributed by atoms with E-state index in [-0.39, 0.29) is 12.3 Å². The fraction of sp³-hybridized carbons (Fsp3) is 0.286. The second-order valence-electron chi connectivity index (χ2n) is 6.43. The number of benzene rings is 2. The largest absolute Gasteiger partial charge is 0.493 e. The van der Waals surface area contributed by atoms with Crippen molar-refractivity contribution in [3.8, 4) is 11.5 Å². The van der Waals surface area contributed by atoms with Gasteiger partial charge in [-0.25, -0.2) is 4.99 Å². The summed E-state index contributed by atoms with van der Waals surface area (Å²) >= 11 is 1.23. The molecule has 0 bridgehead atoms. The smallest absolute Gasteiger partial charge is 0.231 e. The minimum absolute atomic E-state index is 0.0692. The number of methoxy groups -OCH3 is 2. The van der Waals surface area contributed by atoms with Crippen LogP contribution in [0.2, 0.25) is 0 Å². The summed E-state index contributed by atoms with van der Waals surface area (Å²) in [6.07, 6.45) is 0.668. The lowest BCUT2D eigenvalue weighted by atomic mass is 10.1. The fourth-order valence-corrected chi connectivity index (χ4v) is 4.04. The highest BCUT2D eigenvalue weighted by molar-refractivity contribution is 8.15. The molecule has 7 nitrogen and oxygen atoms in total. The summed E-state index contributed by atoms with van der Waals surface area (Å²) in [6.45, 7) is 0.429. The molecule has 8 heteroatoms. The first-order chi connectivity index (χ1) is 14.0. The minimum Gasteiger partial charge on any atom is -0.493 e. The number of nitrogens with two attached hydrogens (primary N) is 1. The molecule has 0 unspecified atom stereocenters. The molecular weight excluding hydrogens is 390 g/mol. The van der Waals surface area contributed by atoms with Crippen LogP contribution in [-0.2, 0) is 16.0 Å². The van der Waals surface area contributed by atoms with E-state index in [1.165, 1.54) is 11.8 Å². The molecule has 29 heavy (non-hydrogen) atoms. The van der Waals surface area contributed by atoms with E-state index >= 15 is 0 Å². The molecule has 1 aliphatic rings. The van der Waals surface area contributed by atoms with Crippen LogP contribution in [0.1, 0.15) is 12.0 Å². The van der Waals surface area contributed by atoms with Crippen molar-refractivity contribution in [2.75, 3.05) is 20.8 Å². The van der Waals surface area contributed by atoms with Gasteiger partial charge in [0.1, 0.15) is 0 Å². The van der Waals surface area contributed by atoms with E-state index in [1.54, 1.807) is 19.1 Å². The van der Waals surface area contributed by atoms with Crippen molar-refractivity contribution in [3.63, 3.8) is 0 Å². The number of aliphatic imine (C=N–C) groups is 1. The van der Waals surface area contributed by atoms with Gasteiger partial charge in [-0.1, -0.05) is 36.0 Å². The standard InChI is InChI=1S/C21H23N3O4S/c1-27-16-9-8-14(12-17(16)28-2)10-11-24-19(25)13-18(20(22)26)29-21(24)23-15-6-4-3-5-7-15/h3-9,12,18H,10-11,13H2,1-2H3,(H2,22,26)/t18-/m0/s1. The van der Waals surface area contributed by atoms with Crippen molar-refractivity contribution < 1.29 is 19.1 Å². The first kappa shape index (κ1) is 20.7. The first-order valence-corrected chi connectivity index (χ1v) is 10.0. The summed E-state index contributed by atoms with van der Waals surface area (Å²) in [6, 6.07) is 15.0. The first-order valence-electron chi connectivity index (χ1n) is 9.12. The van der Waals surface area contributed by atoms with E-state index in [0.717, 1.165) is 5.56 Å². The van der Waals surface area contributed by atoms with Gasteiger partial charge in [-0.15, -0.1) is 0 Å². The Hall–Kier alpha value is -3.00. The van der Waals surface area contributed by atoms with Crippen LogP contribution in [0, 0.1) is 0 Å². The van der Waals surface area contributed by atoms with Gasteiger partial charge >= 0.3 is 0 Å². The molecule has 2 aromatic rings. The zero-order chi connectivity index (χ0) is 20.8. The Morgan fingerprint density at radius 3 is 2.55 bits per heavy atom. The Kier molecular flexibility index (Phi) is 6.77. The summed E-state index contributed by atoms with van der Waals surface area (Å²) in [4.78, 5) is 30.6. The number of para-hydroxylation sites is 1. The Bertz CT molecular complexity index is 917. The van der Waals surface area contributed by atoms with Crippen LogP contribution >= 0.6 is 11.8 Å². The number of amidine groups is 1. The van der Waals surface area contributed by atoms with Gasteiger partial charge in [0.05, 0.1) is 25.2 Å². The number of nitrogens with zero attached hydrogens (tertiary/aromatic N) is 2. The monoisotopic (exact) mass is 413 g/mol. The molecule has 1 fully saturated rings. The average Bonchev–Trinajstić information content (AvgIpc) is 2.73. The summed E-state index contributed by atoms with van der Waals surface area (Å²) in [5.41, 5.74) is 7.15. The number of thioether (sulfide) groups is 1. The van der Waals surface area contributed by atoms with E-state index in [9.17, 15) is 9.59 Å². The molecule has 3 rings (SSSR count). The number of carbonyl (C=O) groups excluding carboxylic acids is 2. The molecule has 0 spiro atoms. The molecule has 0 aliphatic carbocycles. The predicted octanol–water partition coefficient (Wildman–Crippen LogP) is 2.75. The maximum absolute atomic E-state index is 12.7. The topological polar surface area (TPSA) is 94.2 Å². The molecule has 2 N–H and O–H groups in total. The van der Waals surface area contributed by atoms with Gasteiger partial charge < -0.3 is 15.2 Å². The summed E-state index contributed by atoms with van der Waals surface area (Å²) in [5, 5.41) is -0.126. The van der Waals surface area contributed by atoms with Crippen molar-refractivity contribution >= 4 is 34.4 Å². The molecule has 2 amide bonds. The number of rotatable bonds is 7. The van der Waals surface area contributed by atoms with E-state index < -0.39 is 11.2 Å². The van der Waals surface area contributed by atoms with Crippen molar-refractivity contribution in [1.82, 2.24) is 4.90 Å². The molecule has 152 valence electrons. The van der Waals surface area contributed by atoms with Crippen molar-refractivity contribution in [2.45, 2.75) is 18.1 Å². The van der Waals surface area contributed by atoms with E-state index in [2.05, 4.69) is 4.99 Å². The van der Waals surface area contributed by atoms with Crippen LogP contribution in [0.5, 0.6) is 11.5 Å². The second-order valence-corrected chi connectivity index (χ2v) is 7.60. The number of ether oxygens (including phenoxy) is 2. The number of carbonyl (C=O) groups is 2. The summed E-state index contributed by atoms with van der Waals surface area (Å²) in [7, 11) is 3.17. The normalized spacial score (nSPS) is 18.0.